The number of nitro groups is 1. The van der Waals surface area contributed by atoms with Crippen molar-refractivity contribution in [3.05, 3.63) is 10.1 Å². The van der Waals surface area contributed by atoms with E-state index in [1.165, 1.54) is 38.5 Å². The summed E-state index contributed by atoms with van der Waals surface area (Å²) in [6, 6.07) is 0. The van der Waals surface area contributed by atoms with Gasteiger partial charge in [0.2, 0.25) is 6.54 Å². The second-order valence-corrected chi connectivity index (χ2v) is 4.72. The molecule has 15 heavy (non-hydrogen) atoms. The largest absolute Gasteiger partial charge is 0.265 e. The van der Waals surface area contributed by atoms with E-state index >= 15 is 0 Å². The lowest BCUT2D eigenvalue weighted by atomic mass is 10.1. The van der Waals surface area contributed by atoms with E-state index in [2.05, 4.69) is 15.9 Å². The molecule has 0 atom stereocenters. The number of nitrogens with zero attached hydrogens (tertiary/aromatic N) is 1. The number of hydrogen-bond acceptors (Lipinski definition) is 2. The van der Waals surface area contributed by atoms with Crippen LogP contribution in [0, 0.1) is 10.1 Å². The normalized spacial score (nSPS) is 10.5. The first-order valence-corrected chi connectivity index (χ1v) is 7.07. The van der Waals surface area contributed by atoms with Crippen molar-refractivity contribution in [1.29, 1.82) is 0 Å². The fourth-order valence-corrected chi connectivity index (χ4v) is 1.97. The maximum atomic E-state index is 10.0. The minimum Gasteiger partial charge on any atom is -0.265 e. The van der Waals surface area contributed by atoms with Crippen molar-refractivity contribution in [2.75, 3.05) is 11.9 Å². The van der Waals surface area contributed by atoms with Gasteiger partial charge >= 0.3 is 0 Å². The Labute approximate surface area is 101 Å². The van der Waals surface area contributed by atoms with Crippen LogP contribution in [-0.4, -0.2) is 16.8 Å². The van der Waals surface area contributed by atoms with Gasteiger partial charge in [0.1, 0.15) is 0 Å². The number of unbranched alkanes of at least 4 members (excludes halogenated alkanes) is 8. The Morgan fingerprint density at radius 1 is 0.800 bits per heavy atom. The van der Waals surface area contributed by atoms with E-state index in [4.69, 9.17) is 0 Å². The summed E-state index contributed by atoms with van der Waals surface area (Å²) in [6.07, 6.45) is 10.7. The molecule has 0 amide bonds. The first kappa shape index (κ1) is 14.9. The van der Waals surface area contributed by atoms with Crippen molar-refractivity contribution in [3.63, 3.8) is 0 Å². The Kier molecular flexibility index (Phi) is 11.9. The van der Waals surface area contributed by atoms with E-state index in [1.54, 1.807) is 0 Å². The third-order valence-corrected chi connectivity index (χ3v) is 3.04. The minimum absolute atomic E-state index is 0.144. The predicted molar refractivity (Wildman–Crippen MR) is 67.2 cm³/mol. The molecule has 3 nitrogen and oxygen atoms in total. The van der Waals surface area contributed by atoms with Crippen LogP contribution in [0.5, 0.6) is 0 Å². The van der Waals surface area contributed by atoms with Crippen molar-refractivity contribution in [3.8, 4) is 0 Å². The highest BCUT2D eigenvalue weighted by Gasteiger charge is 1.96. The molecule has 0 radical (unpaired) electrons. The molecule has 0 aliphatic heterocycles. The minimum atomic E-state index is -0.222. The van der Waals surface area contributed by atoms with E-state index < -0.39 is 0 Å². The maximum absolute atomic E-state index is 10.0. The second-order valence-electron chi connectivity index (χ2n) is 3.93. The first-order valence-electron chi connectivity index (χ1n) is 5.95. The van der Waals surface area contributed by atoms with Crippen LogP contribution in [0.15, 0.2) is 0 Å². The summed E-state index contributed by atoms with van der Waals surface area (Å²) in [6.45, 7) is 0.144. The summed E-state index contributed by atoms with van der Waals surface area (Å²) in [7, 11) is 0. The first-order chi connectivity index (χ1) is 7.27. The molecule has 0 aromatic carbocycles. The lowest BCUT2D eigenvalue weighted by Gasteiger charge is -2.00. The van der Waals surface area contributed by atoms with Crippen LogP contribution in [-0.2, 0) is 0 Å². The fourth-order valence-electron chi connectivity index (χ4n) is 1.57. The Hall–Kier alpha value is -0.120. The summed E-state index contributed by atoms with van der Waals surface area (Å²) in [5.41, 5.74) is 0. The molecule has 0 rings (SSSR count). The smallest absolute Gasteiger partial charge is 0.203 e. The lowest BCUT2D eigenvalue weighted by Crippen LogP contribution is -1.99. The summed E-state index contributed by atoms with van der Waals surface area (Å²) in [4.78, 5) is 9.81. The quantitative estimate of drug-likeness (QED) is 0.247. The zero-order chi connectivity index (χ0) is 11.4. The van der Waals surface area contributed by atoms with Crippen LogP contribution in [0.3, 0.4) is 0 Å². The van der Waals surface area contributed by atoms with Crippen LogP contribution in [0.1, 0.15) is 57.8 Å². The number of rotatable bonds is 11. The van der Waals surface area contributed by atoms with Gasteiger partial charge in [0, 0.05) is 16.7 Å². The zero-order valence-electron chi connectivity index (χ0n) is 9.42. The fraction of sp³-hybridized carbons (Fsp3) is 1.00. The summed E-state index contributed by atoms with van der Waals surface area (Å²) in [5, 5.41) is 11.2. The molecular formula is C11H22BrNO2. The molecule has 0 aromatic heterocycles. The van der Waals surface area contributed by atoms with Crippen molar-refractivity contribution in [2.45, 2.75) is 57.8 Å². The molecule has 0 aliphatic rings. The Balaban J connectivity index is 2.89. The van der Waals surface area contributed by atoms with Gasteiger partial charge in [0.05, 0.1) is 0 Å². The summed E-state index contributed by atoms with van der Waals surface area (Å²) >= 11 is 3.42. The third kappa shape index (κ3) is 13.9. The van der Waals surface area contributed by atoms with Crippen molar-refractivity contribution < 1.29 is 4.92 Å². The zero-order valence-corrected chi connectivity index (χ0v) is 11.0. The van der Waals surface area contributed by atoms with Crippen LogP contribution >= 0.6 is 15.9 Å². The Morgan fingerprint density at radius 3 is 1.60 bits per heavy atom. The van der Waals surface area contributed by atoms with E-state index in [-0.39, 0.29) is 11.5 Å². The average molecular weight is 280 g/mol. The van der Waals surface area contributed by atoms with Gasteiger partial charge in [-0.3, -0.25) is 10.1 Å². The van der Waals surface area contributed by atoms with Gasteiger partial charge in [0.25, 0.3) is 0 Å². The average Bonchev–Trinajstić information content (AvgIpc) is 2.20. The molecule has 0 spiro atoms. The molecule has 0 N–H and O–H groups in total. The van der Waals surface area contributed by atoms with E-state index in [1.807, 2.05) is 0 Å². The lowest BCUT2D eigenvalue weighted by molar-refractivity contribution is -0.480. The molecule has 0 aliphatic carbocycles. The van der Waals surface area contributed by atoms with Crippen molar-refractivity contribution >= 4 is 15.9 Å². The molecule has 90 valence electrons. The Bertz CT molecular complexity index is 154. The SMILES string of the molecule is O=[N+]([O-])CCCCCCCCCCCBr. The maximum Gasteiger partial charge on any atom is 0.203 e. The van der Waals surface area contributed by atoms with Crippen LogP contribution in [0.2, 0.25) is 0 Å². The highest BCUT2D eigenvalue weighted by atomic mass is 79.9. The molecule has 0 heterocycles. The number of alkyl halides is 1. The topological polar surface area (TPSA) is 43.1 Å². The highest BCUT2D eigenvalue weighted by molar-refractivity contribution is 9.09. The van der Waals surface area contributed by atoms with E-state index in [0.29, 0.717) is 0 Å². The molecule has 0 saturated heterocycles. The van der Waals surface area contributed by atoms with Crippen molar-refractivity contribution in [2.24, 2.45) is 0 Å². The molecular weight excluding hydrogens is 258 g/mol. The summed E-state index contributed by atoms with van der Waals surface area (Å²) in [5.74, 6) is 0. The standard InChI is InChI=1S/C11H22BrNO2/c12-10-8-6-4-2-1-3-5-7-9-11-13(14)15/h1-11H2. The predicted octanol–water partition coefficient (Wildman–Crippen LogP) is 4.17. The Morgan fingerprint density at radius 2 is 1.20 bits per heavy atom. The van der Waals surface area contributed by atoms with Gasteiger partial charge in [-0.25, -0.2) is 0 Å². The van der Waals surface area contributed by atoms with Crippen LogP contribution < -0.4 is 0 Å². The number of hydrogen-bond donors (Lipinski definition) is 0. The van der Waals surface area contributed by atoms with Crippen molar-refractivity contribution in [1.82, 2.24) is 0 Å². The number of halogens is 1. The highest BCUT2D eigenvalue weighted by Crippen LogP contribution is 2.10. The van der Waals surface area contributed by atoms with Gasteiger partial charge in [-0.15, -0.1) is 0 Å². The third-order valence-electron chi connectivity index (χ3n) is 2.47. The van der Waals surface area contributed by atoms with E-state index in [0.717, 1.165) is 24.6 Å². The monoisotopic (exact) mass is 279 g/mol. The summed E-state index contributed by atoms with van der Waals surface area (Å²) < 4.78 is 0. The van der Waals surface area contributed by atoms with Crippen LogP contribution in [0.25, 0.3) is 0 Å². The van der Waals surface area contributed by atoms with Gasteiger partial charge < -0.3 is 0 Å². The van der Waals surface area contributed by atoms with Crippen LogP contribution in [0.4, 0.5) is 0 Å². The molecule has 0 aromatic rings. The van der Waals surface area contributed by atoms with Gasteiger partial charge in [-0.2, -0.15) is 0 Å². The molecule has 0 bridgehead atoms. The van der Waals surface area contributed by atoms with Gasteiger partial charge in [-0.05, 0) is 12.8 Å². The molecule has 0 unspecified atom stereocenters. The van der Waals surface area contributed by atoms with Gasteiger partial charge in [0.15, 0.2) is 0 Å². The van der Waals surface area contributed by atoms with Gasteiger partial charge in [-0.1, -0.05) is 54.5 Å². The molecule has 0 saturated carbocycles. The molecule has 0 fully saturated rings. The second kappa shape index (κ2) is 12.0. The van der Waals surface area contributed by atoms with E-state index in [9.17, 15) is 10.1 Å². The molecule has 4 heteroatoms.